The van der Waals surface area contributed by atoms with E-state index in [0.717, 1.165) is 26.3 Å². The minimum Gasteiger partial charge on any atom is -0.380 e. The molecule has 0 aromatic heterocycles. The van der Waals surface area contributed by atoms with Gasteiger partial charge in [-0.15, -0.1) is 0 Å². The molecule has 1 saturated carbocycles. The average molecular weight is 224 g/mol. The number of azide groups is 1. The highest BCUT2D eigenvalue weighted by Crippen LogP contribution is 2.30. The molecule has 1 saturated heterocycles. The molecule has 0 aromatic rings. The fourth-order valence-corrected chi connectivity index (χ4v) is 2.94. The van der Waals surface area contributed by atoms with Crippen molar-refractivity contribution in [2.75, 3.05) is 32.8 Å². The highest BCUT2D eigenvalue weighted by molar-refractivity contribution is 4.85. The molecule has 2 rings (SSSR count). The van der Waals surface area contributed by atoms with Crippen molar-refractivity contribution in [2.24, 2.45) is 11.0 Å². The van der Waals surface area contributed by atoms with Gasteiger partial charge in [0.05, 0.1) is 13.2 Å². The summed E-state index contributed by atoms with van der Waals surface area (Å²) in [4.78, 5) is 5.28. The third-order valence-electron chi connectivity index (χ3n) is 3.74. The van der Waals surface area contributed by atoms with Crippen LogP contribution < -0.4 is 0 Å². The summed E-state index contributed by atoms with van der Waals surface area (Å²) in [7, 11) is 0. The number of rotatable bonds is 3. The van der Waals surface area contributed by atoms with Crippen molar-refractivity contribution in [1.82, 2.24) is 4.90 Å². The lowest BCUT2D eigenvalue weighted by Gasteiger charge is -2.37. The molecule has 1 aliphatic heterocycles. The Kier molecular flexibility index (Phi) is 4.45. The number of nitrogens with zero attached hydrogens (tertiary/aromatic N) is 4. The van der Waals surface area contributed by atoms with E-state index in [-0.39, 0.29) is 0 Å². The first-order chi connectivity index (χ1) is 7.92. The maximum absolute atomic E-state index is 8.30. The summed E-state index contributed by atoms with van der Waals surface area (Å²) >= 11 is 0. The molecule has 0 N–H and O–H groups in total. The highest BCUT2D eigenvalue weighted by Gasteiger charge is 2.31. The molecule has 0 unspecified atom stereocenters. The predicted octanol–water partition coefficient (Wildman–Crippen LogP) is 2.19. The van der Waals surface area contributed by atoms with Crippen molar-refractivity contribution < 1.29 is 4.74 Å². The van der Waals surface area contributed by atoms with Crippen LogP contribution in [0, 0.1) is 5.92 Å². The van der Waals surface area contributed by atoms with E-state index in [1.54, 1.807) is 0 Å². The van der Waals surface area contributed by atoms with Gasteiger partial charge in [-0.2, -0.15) is 0 Å². The molecule has 1 heterocycles. The Morgan fingerprint density at radius 3 is 3.12 bits per heavy atom. The van der Waals surface area contributed by atoms with Gasteiger partial charge in [0.15, 0.2) is 0 Å². The Labute approximate surface area is 96.4 Å². The second-order valence-electron chi connectivity index (χ2n) is 4.68. The van der Waals surface area contributed by atoms with Gasteiger partial charge in [-0.25, -0.2) is 0 Å². The zero-order valence-electron chi connectivity index (χ0n) is 9.72. The van der Waals surface area contributed by atoms with Gasteiger partial charge in [0.2, 0.25) is 0 Å². The van der Waals surface area contributed by atoms with E-state index in [0.29, 0.717) is 18.5 Å². The lowest BCUT2D eigenvalue weighted by molar-refractivity contribution is 0.0948. The lowest BCUT2D eigenvalue weighted by atomic mass is 9.84. The van der Waals surface area contributed by atoms with Crippen LogP contribution in [0.1, 0.15) is 25.7 Å². The van der Waals surface area contributed by atoms with Crippen LogP contribution in [0.25, 0.3) is 10.4 Å². The first kappa shape index (κ1) is 11.7. The molecule has 0 radical (unpaired) electrons. The maximum Gasteiger partial charge on any atom is 0.0593 e. The third-order valence-corrected chi connectivity index (χ3v) is 3.74. The summed E-state index contributed by atoms with van der Waals surface area (Å²) in [6.45, 7) is 4.20. The normalized spacial score (nSPS) is 31.2. The molecule has 2 aliphatic rings. The van der Waals surface area contributed by atoms with Crippen LogP contribution in [-0.2, 0) is 4.74 Å². The van der Waals surface area contributed by atoms with Gasteiger partial charge < -0.3 is 4.74 Å². The van der Waals surface area contributed by atoms with Crippen molar-refractivity contribution in [2.45, 2.75) is 31.7 Å². The van der Waals surface area contributed by atoms with Crippen LogP contribution in [0.5, 0.6) is 0 Å². The summed E-state index contributed by atoms with van der Waals surface area (Å²) < 4.78 is 5.66. The van der Waals surface area contributed by atoms with E-state index in [2.05, 4.69) is 14.9 Å². The Hall–Kier alpha value is -0.770. The van der Waals surface area contributed by atoms with E-state index in [1.807, 2.05) is 0 Å². The van der Waals surface area contributed by atoms with Gasteiger partial charge in [0.1, 0.15) is 0 Å². The Bertz CT molecular complexity index is 265. The quantitative estimate of drug-likeness (QED) is 0.419. The van der Waals surface area contributed by atoms with E-state index >= 15 is 0 Å². The molecule has 5 nitrogen and oxygen atoms in total. The monoisotopic (exact) mass is 224 g/mol. The average Bonchev–Trinajstić information content (AvgIpc) is 2.52. The number of hydrogen-bond acceptors (Lipinski definition) is 3. The topological polar surface area (TPSA) is 61.2 Å². The highest BCUT2D eigenvalue weighted by atomic mass is 16.5. The molecule has 2 fully saturated rings. The number of ether oxygens (including phenoxy) is 1. The molecule has 16 heavy (non-hydrogen) atoms. The fourth-order valence-electron chi connectivity index (χ4n) is 2.94. The molecule has 0 bridgehead atoms. The first-order valence-corrected chi connectivity index (χ1v) is 6.24. The van der Waals surface area contributed by atoms with Crippen LogP contribution in [0.4, 0.5) is 0 Å². The molecule has 0 aromatic carbocycles. The second kappa shape index (κ2) is 6.09. The first-order valence-electron chi connectivity index (χ1n) is 6.24. The fraction of sp³-hybridized carbons (Fsp3) is 1.00. The van der Waals surface area contributed by atoms with Gasteiger partial charge in [0, 0.05) is 30.6 Å². The lowest BCUT2D eigenvalue weighted by Crippen LogP contribution is -2.43. The molecular formula is C11H20N4O. The largest absolute Gasteiger partial charge is 0.380 e. The van der Waals surface area contributed by atoms with Gasteiger partial charge in [-0.3, -0.25) is 4.90 Å². The molecule has 90 valence electrons. The minimum absolute atomic E-state index is 0.583. The zero-order chi connectivity index (χ0) is 11.2. The maximum atomic E-state index is 8.30. The van der Waals surface area contributed by atoms with Crippen molar-refractivity contribution in [3.63, 3.8) is 0 Å². The summed E-state index contributed by atoms with van der Waals surface area (Å²) in [5.74, 6) is 0.697. The smallest absolute Gasteiger partial charge is 0.0593 e. The second-order valence-corrected chi connectivity index (χ2v) is 4.68. The van der Waals surface area contributed by atoms with E-state index in [9.17, 15) is 0 Å². The van der Waals surface area contributed by atoms with Crippen molar-refractivity contribution >= 4 is 0 Å². The zero-order valence-corrected chi connectivity index (χ0v) is 9.72. The Morgan fingerprint density at radius 1 is 1.38 bits per heavy atom. The summed E-state index contributed by atoms with van der Waals surface area (Å²) in [5.41, 5.74) is 8.30. The van der Waals surface area contributed by atoms with E-state index < -0.39 is 0 Å². The summed E-state index contributed by atoms with van der Waals surface area (Å²) in [6.07, 6.45) is 5.25. The van der Waals surface area contributed by atoms with Crippen LogP contribution in [0.15, 0.2) is 5.11 Å². The molecule has 0 amide bonds. The summed E-state index contributed by atoms with van der Waals surface area (Å²) in [6, 6.07) is 0.658. The summed E-state index contributed by atoms with van der Waals surface area (Å²) in [5, 5.41) is 3.63. The SMILES string of the molecule is [N-]=[N+]=NCCN1CCOC[C@H]2CCCC[C@@H]21. The van der Waals surface area contributed by atoms with Gasteiger partial charge in [-0.05, 0) is 24.3 Å². The Morgan fingerprint density at radius 2 is 2.25 bits per heavy atom. The van der Waals surface area contributed by atoms with Gasteiger partial charge in [0.25, 0.3) is 0 Å². The number of fused-ring (bicyclic) bond motifs is 1. The van der Waals surface area contributed by atoms with Crippen LogP contribution in [-0.4, -0.2) is 43.8 Å². The van der Waals surface area contributed by atoms with Crippen LogP contribution in [0.3, 0.4) is 0 Å². The van der Waals surface area contributed by atoms with Gasteiger partial charge in [-0.1, -0.05) is 18.0 Å². The van der Waals surface area contributed by atoms with Gasteiger partial charge >= 0.3 is 0 Å². The molecule has 2 atom stereocenters. The van der Waals surface area contributed by atoms with E-state index in [4.69, 9.17) is 10.3 Å². The van der Waals surface area contributed by atoms with Crippen LogP contribution in [0.2, 0.25) is 0 Å². The third kappa shape index (κ3) is 2.88. The Balaban J connectivity index is 1.94. The van der Waals surface area contributed by atoms with Crippen molar-refractivity contribution in [1.29, 1.82) is 0 Å². The standard InChI is InChI=1S/C11H20N4O/c12-14-13-5-6-15-7-8-16-9-10-3-1-2-4-11(10)15/h10-11H,1-9H2/t10-,11+/m1/s1. The minimum atomic E-state index is 0.583. The predicted molar refractivity (Wildman–Crippen MR) is 62.2 cm³/mol. The van der Waals surface area contributed by atoms with Crippen LogP contribution >= 0.6 is 0 Å². The van der Waals surface area contributed by atoms with Crippen molar-refractivity contribution in [3.8, 4) is 0 Å². The molecule has 0 spiro atoms. The van der Waals surface area contributed by atoms with E-state index in [1.165, 1.54) is 25.7 Å². The number of hydrogen-bond donors (Lipinski definition) is 0. The van der Waals surface area contributed by atoms with Crippen molar-refractivity contribution in [3.05, 3.63) is 10.4 Å². The molecule has 5 heteroatoms. The molecular weight excluding hydrogens is 204 g/mol. The molecule has 1 aliphatic carbocycles.